The van der Waals surface area contributed by atoms with Crippen molar-refractivity contribution in [3.63, 3.8) is 0 Å². The molecule has 0 aliphatic heterocycles. The van der Waals surface area contributed by atoms with E-state index in [1.807, 2.05) is 33.8 Å². The van der Waals surface area contributed by atoms with Gasteiger partial charge in [-0.05, 0) is 25.8 Å². The van der Waals surface area contributed by atoms with E-state index in [9.17, 15) is 9.90 Å². The lowest BCUT2D eigenvalue weighted by atomic mass is 10.00. The van der Waals surface area contributed by atoms with E-state index in [1.54, 1.807) is 4.68 Å². The summed E-state index contributed by atoms with van der Waals surface area (Å²) in [7, 11) is 0. The van der Waals surface area contributed by atoms with Crippen molar-refractivity contribution in [3.8, 4) is 0 Å². The number of ketones is 1. The summed E-state index contributed by atoms with van der Waals surface area (Å²) < 4.78 is 1.81. The second-order valence-corrected chi connectivity index (χ2v) is 4.42. The molecule has 0 radical (unpaired) electrons. The van der Waals surface area contributed by atoms with Gasteiger partial charge in [-0.2, -0.15) is 5.10 Å². The van der Waals surface area contributed by atoms with Gasteiger partial charge in [-0.3, -0.25) is 9.48 Å². The van der Waals surface area contributed by atoms with Gasteiger partial charge in [0.05, 0.1) is 12.1 Å². The van der Waals surface area contributed by atoms with Gasteiger partial charge >= 0.3 is 0 Å². The third-order valence-corrected chi connectivity index (χ3v) is 2.60. The van der Waals surface area contributed by atoms with Gasteiger partial charge in [-0.1, -0.05) is 13.8 Å². The van der Waals surface area contributed by atoms with E-state index in [2.05, 4.69) is 5.10 Å². The minimum Gasteiger partial charge on any atom is -0.385 e. The van der Waals surface area contributed by atoms with E-state index < -0.39 is 6.10 Å². The summed E-state index contributed by atoms with van der Waals surface area (Å²) in [6.45, 7) is 8.31. The van der Waals surface area contributed by atoms with Gasteiger partial charge in [-0.25, -0.2) is 0 Å². The molecule has 4 heteroatoms. The van der Waals surface area contributed by atoms with Crippen LogP contribution >= 0.6 is 0 Å². The molecular formula is C12H20N2O2. The zero-order chi connectivity index (χ0) is 12.3. The molecular weight excluding hydrogens is 204 g/mol. The molecule has 16 heavy (non-hydrogen) atoms. The largest absolute Gasteiger partial charge is 0.385 e. The average molecular weight is 224 g/mol. The molecule has 0 bridgehead atoms. The minimum absolute atomic E-state index is 0.0356. The van der Waals surface area contributed by atoms with Crippen LogP contribution in [0.25, 0.3) is 0 Å². The lowest BCUT2D eigenvalue weighted by molar-refractivity contribution is -0.128. The monoisotopic (exact) mass is 224 g/mol. The number of aliphatic hydroxyl groups excluding tert-OH is 1. The quantitative estimate of drug-likeness (QED) is 0.821. The topological polar surface area (TPSA) is 55.1 Å². The maximum Gasteiger partial charge on any atom is 0.167 e. The summed E-state index contributed by atoms with van der Waals surface area (Å²) in [5, 5.41) is 13.9. The highest BCUT2D eigenvalue weighted by atomic mass is 16.3. The first-order valence-electron chi connectivity index (χ1n) is 5.69. The summed E-state index contributed by atoms with van der Waals surface area (Å²) in [5.74, 6) is -0.170. The van der Waals surface area contributed by atoms with Crippen molar-refractivity contribution < 1.29 is 9.90 Å². The zero-order valence-electron chi connectivity index (χ0n) is 10.4. The van der Waals surface area contributed by atoms with Crippen molar-refractivity contribution in [1.82, 2.24) is 9.78 Å². The highest BCUT2D eigenvalue weighted by Gasteiger charge is 2.20. The molecule has 1 N–H and O–H groups in total. The van der Waals surface area contributed by atoms with E-state index in [0.717, 1.165) is 17.9 Å². The molecule has 1 heterocycles. The van der Waals surface area contributed by atoms with E-state index >= 15 is 0 Å². The van der Waals surface area contributed by atoms with Crippen LogP contribution in [0.4, 0.5) is 0 Å². The molecule has 4 nitrogen and oxygen atoms in total. The van der Waals surface area contributed by atoms with Crippen molar-refractivity contribution in [3.05, 3.63) is 17.5 Å². The van der Waals surface area contributed by atoms with Gasteiger partial charge in [0, 0.05) is 12.2 Å². The first kappa shape index (κ1) is 12.9. The van der Waals surface area contributed by atoms with Crippen molar-refractivity contribution in [2.45, 2.75) is 46.8 Å². The molecule has 1 aromatic rings. The number of nitrogens with zero attached hydrogens (tertiary/aromatic N) is 2. The molecule has 0 saturated carbocycles. The van der Waals surface area contributed by atoms with Crippen LogP contribution in [0.5, 0.6) is 0 Å². The Morgan fingerprint density at radius 1 is 1.56 bits per heavy atom. The standard InChI is InChI=1S/C12H20N2O2/c1-5-14-10(6-9(4)13-14)7-11(15)12(16)8(2)3/h6,8,12,16H,5,7H2,1-4H3. The lowest BCUT2D eigenvalue weighted by Gasteiger charge is -2.13. The highest BCUT2D eigenvalue weighted by molar-refractivity contribution is 5.84. The summed E-state index contributed by atoms with van der Waals surface area (Å²) in [5.41, 5.74) is 1.79. The number of aliphatic hydroxyl groups is 1. The molecule has 0 spiro atoms. The maximum atomic E-state index is 11.7. The SMILES string of the molecule is CCn1nc(C)cc1CC(=O)C(O)C(C)C. The van der Waals surface area contributed by atoms with Gasteiger partial charge in [0.2, 0.25) is 0 Å². The van der Waals surface area contributed by atoms with Crippen LogP contribution in [-0.2, 0) is 17.8 Å². The molecule has 90 valence electrons. The normalized spacial score (nSPS) is 13.1. The Hall–Kier alpha value is -1.16. The number of carbonyl (C=O) groups is 1. The number of carbonyl (C=O) groups excluding carboxylic acids is 1. The number of hydrogen-bond donors (Lipinski definition) is 1. The number of aromatic nitrogens is 2. The van der Waals surface area contributed by atoms with Gasteiger partial charge < -0.3 is 5.11 Å². The molecule has 0 aliphatic rings. The maximum absolute atomic E-state index is 11.7. The Kier molecular flexibility index (Phi) is 4.24. The smallest absolute Gasteiger partial charge is 0.167 e. The third-order valence-electron chi connectivity index (χ3n) is 2.60. The summed E-state index contributed by atoms with van der Waals surface area (Å²) >= 11 is 0. The van der Waals surface area contributed by atoms with E-state index in [4.69, 9.17) is 0 Å². The van der Waals surface area contributed by atoms with Crippen LogP contribution in [0.15, 0.2) is 6.07 Å². The first-order chi connectivity index (χ1) is 7.45. The van der Waals surface area contributed by atoms with Gasteiger partial charge in [0.15, 0.2) is 5.78 Å². The summed E-state index contributed by atoms with van der Waals surface area (Å²) in [4.78, 5) is 11.7. The fourth-order valence-electron chi connectivity index (χ4n) is 1.67. The van der Waals surface area contributed by atoms with E-state index in [0.29, 0.717) is 0 Å². The van der Waals surface area contributed by atoms with Gasteiger partial charge in [-0.15, -0.1) is 0 Å². The fourth-order valence-corrected chi connectivity index (χ4v) is 1.67. The lowest BCUT2D eigenvalue weighted by Crippen LogP contribution is -2.28. The van der Waals surface area contributed by atoms with E-state index in [1.165, 1.54) is 0 Å². The summed E-state index contributed by atoms with van der Waals surface area (Å²) in [6.07, 6.45) is -0.617. The van der Waals surface area contributed by atoms with Crippen LogP contribution in [0.3, 0.4) is 0 Å². The predicted octanol–water partition coefficient (Wildman–Crippen LogP) is 1.34. The molecule has 0 aliphatic carbocycles. The van der Waals surface area contributed by atoms with Crippen LogP contribution < -0.4 is 0 Å². The second kappa shape index (κ2) is 5.25. The average Bonchev–Trinajstić information content (AvgIpc) is 2.57. The van der Waals surface area contributed by atoms with Crippen molar-refractivity contribution in [1.29, 1.82) is 0 Å². The fraction of sp³-hybridized carbons (Fsp3) is 0.667. The number of aryl methyl sites for hydroxylation is 2. The molecule has 0 saturated heterocycles. The third kappa shape index (κ3) is 2.92. The molecule has 0 aromatic carbocycles. The van der Waals surface area contributed by atoms with Crippen LogP contribution in [0.1, 0.15) is 32.2 Å². The molecule has 0 fully saturated rings. The van der Waals surface area contributed by atoms with Crippen LogP contribution in [-0.4, -0.2) is 26.8 Å². The van der Waals surface area contributed by atoms with Crippen molar-refractivity contribution >= 4 is 5.78 Å². The van der Waals surface area contributed by atoms with Crippen molar-refractivity contribution in [2.24, 2.45) is 5.92 Å². The summed E-state index contributed by atoms with van der Waals surface area (Å²) in [6, 6.07) is 1.90. The zero-order valence-corrected chi connectivity index (χ0v) is 10.4. The Labute approximate surface area is 96.3 Å². The molecule has 0 amide bonds. The van der Waals surface area contributed by atoms with Gasteiger partial charge in [0.25, 0.3) is 0 Å². The van der Waals surface area contributed by atoms with Crippen LogP contribution in [0, 0.1) is 12.8 Å². The predicted molar refractivity (Wildman–Crippen MR) is 62.2 cm³/mol. The molecule has 1 rings (SSSR count). The highest BCUT2D eigenvalue weighted by Crippen LogP contribution is 2.09. The van der Waals surface area contributed by atoms with Gasteiger partial charge in [0.1, 0.15) is 6.10 Å². The number of rotatable bonds is 5. The first-order valence-corrected chi connectivity index (χ1v) is 5.69. The van der Waals surface area contributed by atoms with Crippen LogP contribution in [0.2, 0.25) is 0 Å². The Morgan fingerprint density at radius 2 is 2.19 bits per heavy atom. The molecule has 1 atom stereocenters. The second-order valence-electron chi connectivity index (χ2n) is 4.42. The number of Topliss-reactive ketones (excluding diaryl/α,β-unsaturated/α-hetero) is 1. The molecule has 1 aromatic heterocycles. The Balaban J connectivity index is 2.76. The Morgan fingerprint density at radius 3 is 2.69 bits per heavy atom. The van der Waals surface area contributed by atoms with E-state index in [-0.39, 0.29) is 18.1 Å². The van der Waals surface area contributed by atoms with Crippen molar-refractivity contribution in [2.75, 3.05) is 0 Å². The number of hydrogen-bond acceptors (Lipinski definition) is 3. The molecule has 1 unspecified atom stereocenters. The minimum atomic E-state index is -0.875. The Bertz CT molecular complexity index is 369.